The van der Waals surface area contributed by atoms with Crippen LogP contribution in [0.15, 0.2) is 12.1 Å². The number of aromatic hydroxyl groups is 1. The van der Waals surface area contributed by atoms with Gasteiger partial charge in [-0.05, 0) is 61.3 Å². The maximum absolute atomic E-state index is 10.2. The fourth-order valence-corrected chi connectivity index (χ4v) is 2.63. The van der Waals surface area contributed by atoms with Gasteiger partial charge in [-0.1, -0.05) is 46.1 Å². The summed E-state index contributed by atoms with van der Waals surface area (Å²) in [6.07, 6.45) is 10.6. The number of hydrogen-bond donors (Lipinski definition) is 1. The first-order valence-electron chi connectivity index (χ1n) is 9.14. The molecule has 0 saturated carbocycles. The van der Waals surface area contributed by atoms with Crippen LogP contribution in [0.4, 0.5) is 0 Å². The summed E-state index contributed by atoms with van der Waals surface area (Å²) in [6.45, 7) is 8.69. The molecule has 0 unspecified atom stereocenters. The Morgan fingerprint density at radius 1 is 0.818 bits per heavy atom. The fourth-order valence-electron chi connectivity index (χ4n) is 2.63. The van der Waals surface area contributed by atoms with Gasteiger partial charge in [0.05, 0.1) is 13.2 Å². The Labute approximate surface area is 136 Å². The molecule has 0 bridgehead atoms. The normalized spacial score (nSPS) is 12.7. The molecule has 1 saturated heterocycles. The van der Waals surface area contributed by atoms with E-state index in [2.05, 4.69) is 31.6 Å². The Kier molecular flexibility index (Phi) is 9.98. The van der Waals surface area contributed by atoms with E-state index in [1.165, 1.54) is 55.2 Å². The molecule has 1 heterocycles. The Balaban J connectivity index is 0.000000714. The molecule has 0 radical (unpaired) electrons. The SMILES string of the molecule is C1CO1.CCCCc1ccc(O)c(CCCC)c1CCCC. The molecule has 0 amide bonds. The molecule has 1 aromatic carbocycles. The predicted molar refractivity (Wildman–Crippen MR) is 94.8 cm³/mol. The Hall–Kier alpha value is -1.02. The van der Waals surface area contributed by atoms with Crippen LogP contribution >= 0.6 is 0 Å². The number of benzene rings is 1. The van der Waals surface area contributed by atoms with Crippen molar-refractivity contribution >= 4 is 0 Å². The molecule has 0 aromatic heterocycles. The minimum atomic E-state index is 0.514. The number of phenolic OH excluding ortho intramolecular Hbond substituents is 1. The summed E-state index contributed by atoms with van der Waals surface area (Å²) in [4.78, 5) is 0. The minimum absolute atomic E-state index is 0.514. The summed E-state index contributed by atoms with van der Waals surface area (Å²) < 4.78 is 4.50. The van der Waals surface area contributed by atoms with Crippen molar-refractivity contribution in [1.82, 2.24) is 0 Å². The summed E-state index contributed by atoms with van der Waals surface area (Å²) >= 11 is 0. The molecule has 2 heteroatoms. The smallest absolute Gasteiger partial charge is 0.119 e. The number of unbranched alkanes of at least 4 members (excludes halogenated alkanes) is 3. The summed E-state index contributed by atoms with van der Waals surface area (Å²) in [6, 6.07) is 4.05. The van der Waals surface area contributed by atoms with Crippen LogP contribution in [0.25, 0.3) is 0 Å². The van der Waals surface area contributed by atoms with E-state index in [9.17, 15) is 5.11 Å². The Bertz CT molecular complexity index is 408. The summed E-state index contributed by atoms with van der Waals surface area (Å²) in [5.74, 6) is 0.514. The average molecular weight is 306 g/mol. The van der Waals surface area contributed by atoms with E-state index in [1.54, 1.807) is 0 Å². The van der Waals surface area contributed by atoms with Crippen molar-refractivity contribution < 1.29 is 9.84 Å². The molecular formula is C20H34O2. The predicted octanol–water partition coefficient (Wildman–Crippen LogP) is 5.44. The lowest BCUT2D eigenvalue weighted by molar-refractivity contribution is 0.465. The molecule has 0 aliphatic carbocycles. The second-order valence-corrected chi connectivity index (χ2v) is 6.12. The fraction of sp³-hybridized carbons (Fsp3) is 0.700. The second-order valence-electron chi connectivity index (χ2n) is 6.12. The third kappa shape index (κ3) is 7.31. The van der Waals surface area contributed by atoms with Crippen LogP contribution in [0, 0.1) is 0 Å². The molecule has 126 valence electrons. The molecule has 2 rings (SSSR count). The van der Waals surface area contributed by atoms with Crippen LogP contribution in [0.5, 0.6) is 5.75 Å². The van der Waals surface area contributed by atoms with Gasteiger partial charge in [-0.15, -0.1) is 0 Å². The van der Waals surface area contributed by atoms with Gasteiger partial charge in [-0.3, -0.25) is 0 Å². The van der Waals surface area contributed by atoms with Crippen molar-refractivity contribution in [3.05, 3.63) is 28.8 Å². The van der Waals surface area contributed by atoms with Gasteiger partial charge in [0.2, 0.25) is 0 Å². The van der Waals surface area contributed by atoms with Gasteiger partial charge in [-0.25, -0.2) is 0 Å². The number of epoxide rings is 1. The van der Waals surface area contributed by atoms with Crippen molar-refractivity contribution in [1.29, 1.82) is 0 Å². The quantitative estimate of drug-likeness (QED) is 0.616. The van der Waals surface area contributed by atoms with E-state index in [-0.39, 0.29) is 0 Å². The molecule has 1 N–H and O–H groups in total. The van der Waals surface area contributed by atoms with Gasteiger partial charge >= 0.3 is 0 Å². The summed E-state index contributed by atoms with van der Waals surface area (Å²) in [5.41, 5.74) is 4.15. The molecule has 1 fully saturated rings. The third-order valence-corrected chi connectivity index (χ3v) is 4.07. The first-order valence-corrected chi connectivity index (χ1v) is 9.14. The number of aryl methyl sites for hydroxylation is 1. The summed E-state index contributed by atoms with van der Waals surface area (Å²) in [7, 11) is 0. The Morgan fingerprint density at radius 3 is 1.82 bits per heavy atom. The maximum Gasteiger partial charge on any atom is 0.119 e. The lowest BCUT2D eigenvalue weighted by Crippen LogP contribution is -2.02. The number of ether oxygens (including phenoxy) is 1. The van der Waals surface area contributed by atoms with Crippen LogP contribution in [0.1, 0.15) is 76.0 Å². The van der Waals surface area contributed by atoms with Gasteiger partial charge in [0.25, 0.3) is 0 Å². The average Bonchev–Trinajstić information content (AvgIpc) is 3.39. The van der Waals surface area contributed by atoms with Crippen molar-refractivity contribution in [3.63, 3.8) is 0 Å². The third-order valence-electron chi connectivity index (χ3n) is 4.07. The first kappa shape index (κ1) is 19.0. The molecule has 22 heavy (non-hydrogen) atoms. The van der Waals surface area contributed by atoms with Crippen molar-refractivity contribution in [2.75, 3.05) is 13.2 Å². The highest BCUT2D eigenvalue weighted by Crippen LogP contribution is 2.29. The zero-order chi connectivity index (χ0) is 16.2. The maximum atomic E-state index is 10.2. The van der Waals surface area contributed by atoms with Crippen LogP contribution in [-0.4, -0.2) is 18.3 Å². The largest absolute Gasteiger partial charge is 0.508 e. The summed E-state index contributed by atoms with van der Waals surface area (Å²) in [5, 5.41) is 10.2. The highest BCUT2D eigenvalue weighted by Gasteiger charge is 2.12. The van der Waals surface area contributed by atoms with Gasteiger partial charge in [0.15, 0.2) is 0 Å². The van der Waals surface area contributed by atoms with E-state index in [4.69, 9.17) is 0 Å². The molecule has 1 aromatic rings. The first-order chi connectivity index (χ1) is 10.7. The van der Waals surface area contributed by atoms with Crippen molar-refractivity contribution in [3.8, 4) is 5.75 Å². The van der Waals surface area contributed by atoms with Crippen molar-refractivity contribution in [2.45, 2.75) is 78.6 Å². The van der Waals surface area contributed by atoms with Gasteiger partial charge in [0, 0.05) is 0 Å². The Morgan fingerprint density at radius 2 is 1.32 bits per heavy atom. The molecule has 1 aliphatic rings. The lowest BCUT2D eigenvalue weighted by Gasteiger charge is -2.16. The molecule has 0 atom stereocenters. The van der Waals surface area contributed by atoms with E-state index in [0.29, 0.717) is 5.75 Å². The van der Waals surface area contributed by atoms with Crippen molar-refractivity contribution in [2.24, 2.45) is 0 Å². The van der Waals surface area contributed by atoms with Crippen LogP contribution < -0.4 is 0 Å². The standard InChI is InChI=1S/C18H30O.C2H4O/c1-4-7-10-15-13-14-18(19)17(12-9-6-3)16(15)11-8-5-2;1-2-3-1/h13-14,19H,4-12H2,1-3H3;1-2H2. The van der Waals surface area contributed by atoms with Gasteiger partial charge < -0.3 is 9.84 Å². The molecular weight excluding hydrogens is 272 g/mol. The van der Waals surface area contributed by atoms with Crippen LogP contribution in [0.3, 0.4) is 0 Å². The number of rotatable bonds is 9. The van der Waals surface area contributed by atoms with Gasteiger partial charge in [-0.2, -0.15) is 0 Å². The highest BCUT2D eigenvalue weighted by molar-refractivity contribution is 5.45. The molecule has 2 nitrogen and oxygen atoms in total. The monoisotopic (exact) mass is 306 g/mol. The molecule has 1 aliphatic heterocycles. The van der Waals surface area contributed by atoms with E-state index < -0.39 is 0 Å². The number of phenols is 1. The van der Waals surface area contributed by atoms with E-state index in [1.807, 2.05) is 6.07 Å². The van der Waals surface area contributed by atoms with Crippen LogP contribution in [-0.2, 0) is 24.0 Å². The highest BCUT2D eigenvalue weighted by atomic mass is 16.6. The minimum Gasteiger partial charge on any atom is -0.508 e. The van der Waals surface area contributed by atoms with E-state index >= 15 is 0 Å². The number of hydrogen-bond acceptors (Lipinski definition) is 2. The van der Waals surface area contributed by atoms with E-state index in [0.717, 1.165) is 32.5 Å². The molecule has 0 spiro atoms. The lowest BCUT2D eigenvalue weighted by atomic mass is 9.90. The topological polar surface area (TPSA) is 32.8 Å². The van der Waals surface area contributed by atoms with Crippen LogP contribution in [0.2, 0.25) is 0 Å². The van der Waals surface area contributed by atoms with Gasteiger partial charge in [0.1, 0.15) is 5.75 Å². The zero-order valence-corrected chi connectivity index (χ0v) is 14.8. The second kappa shape index (κ2) is 11.5. The zero-order valence-electron chi connectivity index (χ0n) is 14.8.